The molecule has 0 saturated carbocycles. The number of carbonyl (C=O) groups excluding carboxylic acids is 1. The van der Waals surface area contributed by atoms with Crippen LogP contribution in [-0.2, 0) is 0 Å². The fourth-order valence-corrected chi connectivity index (χ4v) is 2.86. The molecule has 1 aliphatic heterocycles. The monoisotopic (exact) mass is 317 g/mol. The molecule has 2 atom stereocenters. The minimum atomic E-state index is -0.0653. The number of aryl methyl sites for hydroxylation is 1. The zero-order valence-corrected chi connectivity index (χ0v) is 13.9. The van der Waals surface area contributed by atoms with Gasteiger partial charge in [0.15, 0.2) is 11.6 Å². The summed E-state index contributed by atoms with van der Waals surface area (Å²) in [5.74, 6) is 2.88. The number of hydrogen-bond donors (Lipinski definition) is 0. The van der Waals surface area contributed by atoms with Crippen LogP contribution < -0.4 is 0 Å². The predicted molar refractivity (Wildman–Crippen MR) is 84.3 cm³/mol. The lowest BCUT2D eigenvalue weighted by molar-refractivity contribution is 0.0662. The van der Waals surface area contributed by atoms with Crippen molar-refractivity contribution in [3.8, 4) is 0 Å². The van der Waals surface area contributed by atoms with Gasteiger partial charge in [0.05, 0.1) is 5.92 Å². The normalized spacial score (nSPS) is 19.8. The highest BCUT2D eigenvalue weighted by Crippen LogP contribution is 2.28. The number of aromatic nitrogens is 2. The Morgan fingerprint density at radius 3 is 3.00 bits per heavy atom. The summed E-state index contributed by atoms with van der Waals surface area (Å²) in [5, 5.41) is 4.09. The molecule has 0 aromatic carbocycles. The van der Waals surface area contributed by atoms with E-state index in [0.717, 1.165) is 37.4 Å². The summed E-state index contributed by atoms with van der Waals surface area (Å²) in [6.45, 7) is 7.37. The van der Waals surface area contributed by atoms with Gasteiger partial charge < -0.3 is 13.8 Å². The fourth-order valence-electron chi connectivity index (χ4n) is 2.86. The van der Waals surface area contributed by atoms with Gasteiger partial charge in [-0.3, -0.25) is 4.79 Å². The van der Waals surface area contributed by atoms with Crippen LogP contribution in [0.1, 0.15) is 73.0 Å². The topological polar surface area (TPSA) is 72.4 Å². The van der Waals surface area contributed by atoms with E-state index in [9.17, 15) is 4.79 Å². The highest BCUT2D eigenvalue weighted by molar-refractivity contribution is 5.91. The van der Waals surface area contributed by atoms with Gasteiger partial charge >= 0.3 is 0 Å². The molecule has 0 radical (unpaired) electrons. The first-order valence-electron chi connectivity index (χ1n) is 8.27. The second-order valence-electron chi connectivity index (χ2n) is 6.30. The number of nitrogens with zero attached hydrogens (tertiary/aromatic N) is 3. The van der Waals surface area contributed by atoms with Gasteiger partial charge in [0.25, 0.3) is 5.91 Å². The molecular weight excluding hydrogens is 294 g/mol. The van der Waals surface area contributed by atoms with Crippen LogP contribution in [0, 0.1) is 6.92 Å². The number of rotatable bonds is 4. The van der Waals surface area contributed by atoms with E-state index >= 15 is 0 Å². The molecule has 124 valence electrons. The lowest BCUT2D eigenvalue weighted by Gasteiger charge is -2.30. The smallest absolute Gasteiger partial charge is 0.289 e. The number of amides is 1. The van der Waals surface area contributed by atoms with Crippen molar-refractivity contribution < 1.29 is 13.7 Å². The van der Waals surface area contributed by atoms with Crippen LogP contribution >= 0.6 is 0 Å². The number of carbonyl (C=O) groups is 1. The summed E-state index contributed by atoms with van der Waals surface area (Å²) >= 11 is 0. The highest BCUT2D eigenvalue weighted by Gasteiger charge is 2.30. The Bertz CT molecular complexity index is 676. The second kappa shape index (κ2) is 6.56. The summed E-state index contributed by atoms with van der Waals surface area (Å²) in [4.78, 5) is 18.9. The summed E-state index contributed by atoms with van der Waals surface area (Å²) in [6, 6.07) is 3.54. The van der Waals surface area contributed by atoms with Crippen molar-refractivity contribution in [1.82, 2.24) is 15.0 Å². The SMILES string of the molecule is CC[C@H](C)c1noc([C@H]2CCCN(C(=O)c3ccc(C)o3)C2)n1. The molecule has 3 rings (SSSR count). The van der Waals surface area contributed by atoms with Crippen molar-refractivity contribution in [3.63, 3.8) is 0 Å². The van der Waals surface area contributed by atoms with E-state index in [1.165, 1.54) is 0 Å². The molecule has 0 bridgehead atoms. The van der Waals surface area contributed by atoms with Crippen LogP contribution in [0.2, 0.25) is 0 Å². The van der Waals surface area contributed by atoms with Crippen molar-refractivity contribution >= 4 is 5.91 Å². The third-order valence-electron chi connectivity index (χ3n) is 4.52. The Kier molecular flexibility index (Phi) is 4.50. The molecule has 6 heteroatoms. The van der Waals surface area contributed by atoms with Gasteiger partial charge in [0, 0.05) is 19.0 Å². The minimum Gasteiger partial charge on any atom is -0.456 e. The van der Waals surface area contributed by atoms with Crippen molar-refractivity contribution in [2.24, 2.45) is 0 Å². The van der Waals surface area contributed by atoms with Crippen LogP contribution in [0.15, 0.2) is 21.1 Å². The van der Waals surface area contributed by atoms with Crippen LogP contribution in [0.5, 0.6) is 0 Å². The molecule has 1 saturated heterocycles. The van der Waals surface area contributed by atoms with Gasteiger partial charge in [-0.15, -0.1) is 0 Å². The Morgan fingerprint density at radius 1 is 1.48 bits per heavy atom. The van der Waals surface area contributed by atoms with Gasteiger partial charge in [0.1, 0.15) is 5.76 Å². The maximum atomic E-state index is 12.5. The first kappa shape index (κ1) is 15.8. The van der Waals surface area contributed by atoms with Gasteiger partial charge in [-0.1, -0.05) is 19.0 Å². The molecular formula is C17H23N3O3. The van der Waals surface area contributed by atoms with Crippen molar-refractivity contribution in [2.75, 3.05) is 13.1 Å². The van der Waals surface area contributed by atoms with Gasteiger partial charge in [-0.05, 0) is 38.3 Å². The molecule has 6 nitrogen and oxygen atoms in total. The van der Waals surface area contributed by atoms with E-state index in [0.29, 0.717) is 24.1 Å². The minimum absolute atomic E-state index is 0.0653. The number of piperidine rings is 1. The van der Waals surface area contributed by atoms with Gasteiger partial charge in [-0.25, -0.2) is 0 Å². The van der Waals surface area contributed by atoms with E-state index in [-0.39, 0.29) is 11.8 Å². The zero-order chi connectivity index (χ0) is 16.4. The molecule has 3 heterocycles. The number of hydrogen-bond acceptors (Lipinski definition) is 5. The summed E-state index contributed by atoms with van der Waals surface area (Å²) in [6.07, 6.45) is 2.87. The van der Waals surface area contributed by atoms with E-state index in [1.807, 2.05) is 17.9 Å². The molecule has 1 amide bonds. The highest BCUT2D eigenvalue weighted by atomic mass is 16.5. The molecule has 2 aromatic rings. The van der Waals surface area contributed by atoms with Gasteiger partial charge in [0.2, 0.25) is 5.89 Å². The molecule has 1 fully saturated rings. The van der Waals surface area contributed by atoms with E-state index < -0.39 is 0 Å². The fraction of sp³-hybridized carbons (Fsp3) is 0.588. The lowest BCUT2D eigenvalue weighted by atomic mass is 9.97. The molecule has 0 spiro atoms. The van der Waals surface area contributed by atoms with Crippen LogP contribution in [-0.4, -0.2) is 34.0 Å². The van der Waals surface area contributed by atoms with Gasteiger partial charge in [-0.2, -0.15) is 4.98 Å². The maximum Gasteiger partial charge on any atom is 0.289 e. The Hall–Kier alpha value is -2.11. The first-order chi connectivity index (χ1) is 11.1. The maximum absolute atomic E-state index is 12.5. The molecule has 0 N–H and O–H groups in total. The third-order valence-corrected chi connectivity index (χ3v) is 4.52. The largest absolute Gasteiger partial charge is 0.456 e. The Balaban J connectivity index is 1.70. The van der Waals surface area contributed by atoms with Crippen molar-refractivity contribution in [1.29, 1.82) is 0 Å². The number of furan rings is 1. The third kappa shape index (κ3) is 3.30. The summed E-state index contributed by atoms with van der Waals surface area (Å²) < 4.78 is 10.9. The summed E-state index contributed by atoms with van der Waals surface area (Å²) in [5.41, 5.74) is 0. The average Bonchev–Trinajstić information content (AvgIpc) is 3.23. The molecule has 0 aliphatic carbocycles. The Labute approximate surface area is 135 Å². The molecule has 2 aromatic heterocycles. The summed E-state index contributed by atoms with van der Waals surface area (Å²) in [7, 11) is 0. The van der Waals surface area contributed by atoms with Crippen LogP contribution in [0.25, 0.3) is 0 Å². The quantitative estimate of drug-likeness (QED) is 0.863. The first-order valence-corrected chi connectivity index (χ1v) is 8.27. The number of likely N-dealkylation sites (tertiary alicyclic amines) is 1. The second-order valence-corrected chi connectivity index (χ2v) is 6.30. The predicted octanol–water partition coefficient (Wildman–Crippen LogP) is 3.50. The van der Waals surface area contributed by atoms with E-state index in [2.05, 4.69) is 24.0 Å². The van der Waals surface area contributed by atoms with Crippen molar-refractivity contribution in [2.45, 2.75) is 51.9 Å². The average molecular weight is 317 g/mol. The lowest BCUT2D eigenvalue weighted by Crippen LogP contribution is -2.39. The van der Waals surface area contributed by atoms with E-state index in [4.69, 9.17) is 8.94 Å². The standard InChI is InChI=1S/C17H23N3O3/c1-4-11(2)15-18-16(23-19-15)13-6-5-9-20(10-13)17(21)14-8-7-12(3)22-14/h7-8,11,13H,4-6,9-10H2,1-3H3/t11-,13-/m0/s1. The Morgan fingerprint density at radius 2 is 2.30 bits per heavy atom. The van der Waals surface area contributed by atoms with Crippen LogP contribution in [0.4, 0.5) is 0 Å². The van der Waals surface area contributed by atoms with Crippen molar-refractivity contribution in [3.05, 3.63) is 35.4 Å². The molecule has 1 aliphatic rings. The molecule has 0 unspecified atom stereocenters. The molecule has 23 heavy (non-hydrogen) atoms. The zero-order valence-electron chi connectivity index (χ0n) is 13.9. The van der Waals surface area contributed by atoms with Crippen LogP contribution in [0.3, 0.4) is 0 Å². The van der Waals surface area contributed by atoms with E-state index in [1.54, 1.807) is 6.07 Å².